The van der Waals surface area contributed by atoms with Gasteiger partial charge >= 0.3 is 5.97 Å². The van der Waals surface area contributed by atoms with Gasteiger partial charge in [0, 0.05) is 19.3 Å². The average molecular weight is 355 g/mol. The summed E-state index contributed by atoms with van der Waals surface area (Å²) in [6.45, 7) is 2.26. The van der Waals surface area contributed by atoms with Crippen molar-refractivity contribution in [2.45, 2.75) is 122 Å². The van der Waals surface area contributed by atoms with Crippen molar-refractivity contribution in [3.8, 4) is 0 Å². The molecule has 0 aromatic heterocycles. The molecule has 0 aliphatic rings. The highest BCUT2D eigenvalue weighted by Gasteiger charge is 2.03. The van der Waals surface area contributed by atoms with Crippen LogP contribution in [0.5, 0.6) is 0 Å². The van der Waals surface area contributed by atoms with Crippen molar-refractivity contribution in [1.82, 2.24) is 0 Å². The number of rotatable bonds is 19. The van der Waals surface area contributed by atoms with Gasteiger partial charge in [0.25, 0.3) is 0 Å². The lowest BCUT2D eigenvalue weighted by molar-refractivity contribution is -0.140. The molecule has 3 heteroatoms. The zero-order valence-electron chi connectivity index (χ0n) is 17.0. The maximum Gasteiger partial charge on any atom is 0.305 e. The van der Waals surface area contributed by atoms with Crippen LogP contribution in [0.3, 0.4) is 0 Å². The van der Waals surface area contributed by atoms with Crippen LogP contribution in [0.1, 0.15) is 122 Å². The molecule has 0 saturated carbocycles. The third kappa shape index (κ3) is 19.3. The van der Waals surface area contributed by atoms with Gasteiger partial charge in [-0.15, -0.1) is 0 Å². The Balaban J connectivity index is 3.19. The molecule has 0 fully saturated rings. The molecule has 0 rings (SSSR count). The lowest BCUT2D eigenvalue weighted by Gasteiger charge is -2.03. The van der Waals surface area contributed by atoms with E-state index in [0.29, 0.717) is 12.2 Å². The highest BCUT2D eigenvalue weighted by atomic mass is 16.5. The fraction of sp³-hybridized carbons (Fsp3) is 0.909. The second-order valence-electron chi connectivity index (χ2n) is 7.31. The zero-order valence-corrected chi connectivity index (χ0v) is 17.0. The average Bonchev–Trinajstić information content (AvgIpc) is 2.62. The SMILES string of the molecule is CCCCCCCCCCCCC(=O)CCCCCCCC(=O)OC. The lowest BCUT2D eigenvalue weighted by atomic mass is 10.0. The van der Waals surface area contributed by atoms with E-state index in [-0.39, 0.29) is 5.97 Å². The van der Waals surface area contributed by atoms with Gasteiger partial charge in [-0.2, -0.15) is 0 Å². The number of Topliss-reactive ketones (excluding diaryl/α,β-unsaturated/α-hetero) is 1. The monoisotopic (exact) mass is 354 g/mol. The molecule has 0 aromatic rings. The summed E-state index contributed by atoms with van der Waals surface area (Å²) in [7, 11) is 1.43. The Kier molecular flexibility index (Phi) is 18.8. The van der Waals surface area contributed by atoms with Crippen molar-refractivity contribution in [3.05, 3.63) is 0 Å². The third-order valence-electron chi connectivity index (χ3n) is 4.87. The number of ketones is 1. The molecule has 0 saturated heterocycles. The zero-order chi connectivity index (χ0) is 18.6. The van der Waals surface area contributed by atoms with Crippen LogP contribution in [0, 0.1) is 0 Å². The molecule has 0 aromatic carbocycles. The summed E-state index contributed by atoms with van der Waals surface area (Å²) in [5, 5.41) is 0. The third-order valence-corrected chi connectivity index (χ3v) is 4.87. The number of unbranched alkanes of at least 4 members (excludes halogenated alkanes) is 13. The molecule has 0 aliphatic heterocycles. The number of hydrogen-bond donors (Lipinski definition) is 0. The second kappa shape index (κ2) is 19.5. The van der Waals surface area contributed by atoms with E-state index in [2.05, 4.69) is 11.7 Å². The molecule has 0 bridgehead atoms. The molecule has 3 nitrogen and oxygen atoms in total. The number of esters is 1. The van der Waals surface area contributed by atoms with Crippen molar-refractivity contribution in [2.24, 2.45) is 0 Å². The Bertz CT molecular complexity index is 312. The summed E-state index contributed by atoms with van der Waals surface area (Å²) in [6.07, 6.45) is 20.4. The molecule has 0 N–H and O–H groups in total. The van der Waals surface area contributed by atoms with E-state index in [9.17, 15) is 9.59 Å². The smallest absolute Gasteiger partial charge is 0.305 e. The van der Waals surface area contributed by atoms with Crippen LogP contribution in [0.15, 0.2) is 0 Å². The predicted molar refractivity (Wildman–Crippen MR) is 106 cm³/mol. The second-order valence-corrected chi connectivity index (χ2v) is 7.31. The number of hydrogen-bond acceptors (Lipinski definition) is 3. The van der Waals surface area contributed by atoms with E-state index >= 15 is 0 Å². The van der Waals surface area contributed by atoms with E-state index in [4.69, 9.17) is 0 Å². The van der Waals surface area contributed by atoms with Crippen molar-refractivity contribution in [1.29, 1.82) is 0 Å². The molecule has 25 heavy (non-hydrogen) atoms. The molecular weight excluding hydrogens is 312 g/mol. The molecule has 0 atom stereocenters. The summed E-state index contributed by atoms with van der Waals surface area (Å²) in [4.78, 5) is 22.8. The van der Waals surface area contributed by atoms with Crippen LogP contribution < -0.4 is 0 Å². The van der Waals surface area contributed by atoms with Gasteiger partial charge in [0.2, 0.25) is 0 Å². The maximum atomic E-state index is 11.8. The number of carbonyl (C=O) groups excluding carboxylic acids is 2. The summed E-state index contributed by atoms with van der Waals surface area (Å²) in [6, 6.07) is 0. The van der Waals surface area contributed by atoms with Crippen LogP contribution in [0.4, 0.5) is 0 Å². The van der Waals surface area contributed by atoms with E-state index < -0.39 is 0 Å². The van der Waals surface area contributed by atoms with Gasteiger partial charge in [0.15, 0.2) is 0 Å². The van der Waals surface area contributed by atoms with Crippen LogP contribution >= 0.6 is 0 Å². The largest absolute Gasteiger partial charge is 0.469 e. The lowest BCUT2D eigenvalue weighted by Crippen LogP contribution is -1.99. The van der Waals surface area contributed by atoms with Crippen molar-refractivity contribution < 1.29 is 14.3 Å². The first kappa shape index (κ1) is 24.1. The Morgan fingerprint density at radius 2 is 0.920 bits per heavy atom. The van der Waals surface area contributed by atoms with Crippen molar-refractivity contribution >= 4 is 11.8 Å². The van der Waals surface area contributed by atoms with Gasteiger partial charge in [-0.05, 0) is 19.3 Å². The highest BCUT2D eigenvalue weighted by Crippen LogP contribution is 2.13. The number of carbonyl (C=O) groups is 2. The van der Waals surface area contributed by atoms with Gasteiger partial charge in [0.05, 0.1) is 7.11 Å². The first-order valence-electron chi connectivity index (χ1n) is 10.8. The summed E-state index contributed by atoms with van der Waals surface area (Å²) in [5.74, 6) is 0.320. The van der Waals surface area contributed by atoms with Gasteiger partial charge in [-0.1, -0.05) is 84.0 Å². The quantitative estimate of drug-likeness (QED) is 0.190. The van der Waals surface area contributed by atoms with Gasteiger partial charge < -0.3 is 4.74 Å². The molecular formula is C22H42O3. The summed E-state index contributed by atoms with van der Waals surface area (Å²) >= 11 is 0. The van der Waals surface area contributed by atoms with E-state index in [1.54, 1.807) is 0 Å². The standard InChI is InChI=1S/C22H42O3/c1-3-4-5-6-7-8-9-10-12-15-18-21(23)19-16-13-11-14-17-20-22(24)25-2/h3-20H2,1-2H3. The normalized spacial score (nSPS) is 10.8. The molecule has 0 unspecified atom stereocenters. The molecule has 0 aliphatic carbocycles. The minimum Gasteiger partial charge on any atom is -0.469 e. The Morgan fingerprint density at radius 3 is 1.32 bits per heavy atom. The minimum absolute atomic E-state index is 0.119. The first-order chi connectivity index (χ1) is 12.2. The number of methoxy groups -OCH3 is 1. The maximum absolute atomic E-state index is 11.8. The van der Waals surface area contributed by atoms with Crippen LogP contribution in [-0.2, 0) is 14.3 Å². The number of ether oxygens (including phenoxy) is 1. The minimum atomic E-state index is -0.119. The van der Waals surface area contributed by atoms with Gasteiger partial charge in [0.1, 0.15) is 5.78 Å². The van der Waals surface area contributed by atoms with Crippen LogP contribution in [0.2, 0.25) is 0 Å². The van der Waals surface area contributed by atoms with Crippen molar-refractivity contribution in [3.63, 3.8) is 0 Å². The highest BCUT2D eigenvalue weighted by molar-refractivity contribution is 5.78. The molecule has 148 valence electrons. The predicted octanol–water partition coefficient (Wildman–Crippen LogP) is 6.77. The first-order valence-corrected chi connectivity index (χ1v) is 10.8. The van der Waals surface area contributed by atoms with E-state index in [0.717, 1.165) is 51.4 Å². The topological polar surface area (TPSA) is 43.4 Å². The molecule has 0 spiro atoms. The molecule has 0 heterocycles. The Morgan fingerprint density at radius 1 is 0.560 bits per heavy atom. The van der Waals surface area contributed by atoms with E-state index in [1.165, 1.54) is 64.9 Å². The van der Waals surface area contributed by atoms with E-state index in [1.807, 2.05) is 0 Å². The van der Waals surface area contributed by atoms with Crippen LogP contribution in [-0.4, -0.2) is 18.9 Å². The molecule has 0 radical (unpaired) electrons. The van der Waals surface area contributed by atoms with Gasteiger partial charge in [-0.25, -0.2) is 0 Å². The van der Waals surface area contributed by atoms with Crippen molar-refractivity contribution in [2.75, 3.05) is 7.11 Å². The van der Waals surface area contributed by atoms with Crippen LogP contribution in [0.25, 0.3) is 0 Å². The summed E-state index contributed by atoms with van der Waals surface area (Å²) in [5.41, 5.74) is 0. The Hall–Kier alpha value is -0.860. The fourth-order valence-electron chi connectivity index (χ4n) is 3.16. The Labute approximate surface area is 156 Å². The molecule has 0 amide bonds. The van der Waals surface area contributed by atoms with Gasteiger partial charge in [-0.3, -0.25) is 9.59 Å². The fourth-order valence-corrected chi connectivity index (χ4v) is 3.16. The summed E-state index contributed by atoms with van der Waals surface area (Å²) < 4.78 is 4.61.